The van der Waals surface area contributed by atoms with Gasteiger partial charge in [0.1, 0.15) is 0 Å². The number of H-pyrrole nitrogens is 1. The molecule has 0 atom stereocenters. The van der Waals surface area contributed by atoms with E-state index in [0.29, 0.717) is 16.2 Å². The molecule has 4 aromatic rings. The summed E-state index contributed by atoms with van der Waals surface area (Å²) in [5.41, 5.74) is 2.13. The number of para-hydroxylation sites is 1. The molecule has 0 aliphatic rings. The number of halogens is 1. The predicted octanol–water partition coefficient (Wildman–Crippen LogP) is 1.30. The number of hydrogen-bond acceptors (Lipinski definition) is 2. The van der Waals surface area contributed by atoms with Crippen molar-refractivity contribution in [3.05, 3.63) is 71.2 Å². The maximum absolute atomic E-state index is 12.6. The fourth-order valence-corrected chi connectivity index (χ4v) is 2.98. The SMILES string of the molecule is O=C(Nc1ccc(Cl)cc1)c1c([O-])ccc2c1[nH]c1ccccc12.[Na+]. The monoisotopic (exact) mass is 358 g/mol. The molecule has 1 heterocycles. The number of hydrogen-bond donors (Lipinski definition) is 2. The Labute approximate surface area is 171 Å². The molecule has 1 amide bonds. The number of carbonyl (C=O) groups excluding carboxylic acids is 1. The van der Waals surface area contributed by atoms with Gasteiger partial charge in [-0.05, 0) is 30.3 Å². The first-order valence-corrected chi connectivity index (χ1v) is 7.78. The van der Waals surface area contributed by atoms with Gasteiger partial charge in [-0.1, -0.05) is 47.7 Å². The van der Waals surface area contributed by atoms with E-state index in [0.717, 1.165) is 16.3 Å². The van der Waals surface area contributed by atoms with Crippen molar-refractivity contribution in [3.8, 4) is 5.75 Å². The molecule has 25 heavy (non-hydrogen) atoms. The number of aromatic nitrogens is 1. The number of anilines is 1. The number of fused-ring (bicyclic) bond motifs is 3. The van der Waals surface area contributed by atoms with Crippen molar-refractivity contribution >= 4 is 45.0 Å². The molecule has 0 aliphatic carbocycles. The molecule has 1 aromatic heterocycles. The van der Waals surface area contributed by atoms with Gasteiger partial charge in [0.15, 0.2) is 0 Å². The van der Waals surface area contributed by atoms with E-state index < -0.39 is 5.91 Å². The van der Waals surface area contributed by atoms with Gasteiger partial charge >= 0.3 is 29.6 Å². The number of amides is 1. The summed E-state index contributed by atoms with van der Waals surface area (Å²) in [5, 5.41) is 17.5. The zero-order valence-electron chi connectivity index (χ0n) is 13.5. The van der Waals surface area contributed by atoms with E-state index in [2.05, 4.69) is 10.3 Å². The fourth-order valence-electron chi connectivity index (χ4n) is 2.85. The quantitative estimate of drug-likeness (QED) is 0.530. The number of aromatic amines is 1. The number of benzene rings is 3. The number of nitrogens with one attached hydrogen (secondary N) is 2. The van der Waals surface area contributed by atoms with Crippen LogP contribution in [0.5, 0.6) is 5.75 Å². The molecule has 0 saturated carbocycles. The van der Waals surface area contributed by atoms with E-state index in [-0.39, 0.29) is 40.9 Å². The minimum Gasteiger partial charge on any atom is -0.872 e. The van der Waals surface area contributed by atoms with Gasteiger partial charge in [-0.25, -0.2) is 0 Å². The molecule has 0 fully saturated rings. The van der Waals surface area contributed by atoms with Gasteiger partial charge in [-0.3, -0.25) is 4.79 Å². The number of carbonyl (C=O) groups is 1. The third-order valence-corrected chi connectivity index (χ3v) is 4.23. The fraction of sp³-hybridized carbons (Fsp3) is 0. The van der Waals surface area contributed by atoms with Gasteiger partial charge in [-0.2, -0.15) is 0 Å². The first kappa shape index (κ1) is 17.8. The van der Waals surface area contributed by atoms with Crippen LogP contribution in [0.3, 0.4) is 0 Å². The van der Waals surface area contributed by atoms with E-state index in [1.54, 1.807) is 30.3 Å². The molecular weight excluding hydrogens is 347 g/mol. The van der Waals surface area contributed by atoms with Crippen LogP contribution in [-0.4, -0.2) is 10.9 Å². The third kappa shape index (κ3) is 3.26. The van der Waals surface area contributed by atoms with Gasteiger partial charge in [0.2, 0.25) is 0 Å². The van der Waals surface area contributed by atoms with Crippen LogP contribution < -0.4 is 40.0 Å². The zero-order valence-corrected chi connectivity index (χ0v) is 16.2. The average Bonchev–Trinajstić information content (AvgIpc) is 2.95. The van der Waals surface area contributed by atoms with Crippen molar-refractivity contribution < 1.29 is 39.5 Å². The predicted molar refractivity (Wildman–Crippen MR) is 94.7 cm³/mol. The van der Waals surface area contributed by atoms with Crippen LogP contribution in [-0.2, 0) is 0 Å². The Kier molecular flexibility index (Phi) is 5.06. The molecule has 4 nitrogen and oxygen atoms in total. The molecule has 118 valence electrons. The van der Waals surface area contributed by atoms with Crippen LogP contribution in [0.1, 0.15) is 10.4 Å². The molecule has 4 rings (SSSR count). The Bertz CT molecular complexity index is 1070. The second-order valence-corrected chi connectivity index (χ2v) is 5.93. The summed E-state index contributed by atoms with van der Waals surface area (Å²) in [6, 6.07) is 17.6. The van der Waals surface area contributed by atoms with Crippen LogP contribution >= 0.6 is 11.6 Å². The summed E-state index contributed by atoms with van der Waals surface area (Å²) in [6.07, 6.45) is 0. The van der Waals surface area contributed by atoms with Gasteiger partial charge < -0.3 is 15.4 Å². The Balaban J connectivity index is 0.00000182. The van der Waals surface area contributed by atoms with Crippen LogP contribution in [0.25, 0.3) is 21.8 Å². The Hall–Kier alpha value is -1.98. The minimum absolute atomic E-state index is 0. The summed E-state index contributed by atoms with van der Waals surface area (Å²) in [5.74, 6) is -0.764. The van der Waals surface area contributed by atoms with Gasteiger partial charge in [0.25, 0.3) is 5.91 Å². The van der Waals surface area contributed by atoms with Crippen molar-refractivity contribution in [1.29, 1.82) is 0 Å². The van der Waals surface area contributed by atoms with Crippen molar-refractivity contribution in [2.24, 2.45) is 0 Å². The molecule has 6 heteroatoms. The Morgan fingerprint density at radius 3 is 2.44 bits per heavy atom. The standard InChI is InChI=1S/C19H13ClN2O2.Na/c20-11-5-7-12(8-6-11)21-19(24)17-16(23)10-9-14-13-3-1-2-4-15(13)22-18(14)17;/h1-10,22-23H,(H,21,24);/q;+1/p-1. The molecule has 0 spiro atoms. The van der Waals surface area contributed by atoms with Crippen molar-refractivity contribution in [1.82, 2.24) is 4.98 Å². The smallest absolute Gasteiger partial charge is 0.872 e. The van der Waals surface area contributed by atoms with Crippen molar-refractivity contribution in [2.75, 3.05) is 5.32 Å². The third-order valence-electron chi connectivity index (χ3n) is 3.97. The summed E-state index contributed by atoms with van der Waals surface area (Å²) in [6.45, 7) is 0. The summed E-state index contributed by atoms with van der Waals surface area (Å²) >= 11 is 5.85. The molecule has 3 aromatic carbocycles. The van der Waals surface area contributed by atoms with Gasteiger partial charge in [0.05, 0.1) is 11.1 Å². The molecule has 0 bridgehead atoms. The minimum atomic E-state index is -0.445. The molecule has 2 N–H and O–H groups in total. The second-order valence-electron chi connectivity index (χ2n) is 5.49. The summed E-state index contributed by atoms with van der Waals surface area (Å²) in [4.78, 5) is 15.8. The normalized spacial score (nSPS) is 10.6. The van der Waals surface area contributed by atoms with Gasteiger partial charge in [0, 0.05) is 27.0 Å². The molecule has 0 saturated heterocycles. The first-order chi connectivity index (χ1) is 11.6. The summed E-state index contributed by atoms with van der Waals surface area (Å²) in [7, 11) is 0. The van der Waals surface area contributed by atoms with Crippen LogP contribution in [0.4, 0.5) is 5.69 Å². The topological polar surface area (TPSA) is 67.9 Å². The summed E-state index contributed by atoms with van der Waals surface area (Å²) < 4.78 is 0. The van der Waals surface area contributed by atoms with Crippen molar-refractivity contribution in [2.45, 2.75) is 0 Å². The van der Waals surface area contributed by atoms with E-state index in [9.17, 15) is 9.90 Å². The van der Waals surface area contributed by atoms with E-state index in [4.69, 9.17) is 11.6 Å². The average molecular weight is 359 g/mol. The second kappa shape index (κ2) is 7.10. The Morgan fingerprint density at radius 1 is 0.960 bits per heavy atom. The maximum Gasteiger partial charge on any atom is 1.00 e. The zero-order chi connectivity index (χ0) is 16.7. The first-order valence-electron chi connectivity index (χ1n) is 7.41. The van der Waals surface area contributed by atoms with Crippen LogP contribution in [0.2, 0.25) is 5.02 Å². The van der Waals surface area contributed by atoms with Crippen LogP contribution in [0, 0.1) is 0 Å². The van der Waals surface area contributed by atoms with E-state index in [1.807, 2.05) is 24.3 Å². The molecule has 0 aliphatic heterocycles. The molecular formula is C19H12ClN2NaO2. The van der Waals surface area contributed by atoms with Crippen LogP contribution in [0.15, 0.2) is 60.7 Å². The number of rotatable bonds is 2. The molecule has 0 unspecified atom stereocenters. The maximum atomic E-state index is 12.6. The van der Waals surface area contributed by atoms with E-state index in [1.165, 1.54) is 6.07 Å². The Morgan fingerprint density at radius 2 is 1.68 bits per heavy atom. The largest absolute Gasteiger partial charge is 1.00 e. The van der Waals surface area contributed by atoms with Gasteiger partial charge in [-0.15, -0.1) is 0 Å². The molecule has 0 radical (unpaired) electrons. The van der Waals surface area contributed by atoms with E-state index >= 15 is 0 Å². The van der Waals surface area contributed by atoms with Crippen molar-refractivity contribution in [3.63, 3.8) is 0 Å².